The van der Waals surface area contributed by atoms with E-state index < -0.39 is 0 Å². The molecule has 24 heavy (non-hydrogen) atoms. The lowest BCUT2D eigenvalue weighted by Crippen LogP contribution is -2.44. The Bertz CT molecular complexity index is 716. The number of thiazole rings is 1. The molecule has 1 atom stereocenters. The zero-order valence-corrected chi connectivity index (χ0v) is 14.6. The van der Waals surface area contributed by atoms with Gasteiger partial charge in [-0.25, -0.2) is 14.4 Å². The lowest BCUT2D eigenvalue weighted by atomic mass is 10.3. The molecule has 2 aromatic heterocycles. The number of aliphatic imine (C=N–C) groups is 1. The van der Waals surface area contributed by atoms with Crippen molar-refractivity contribution in [2.45, 2.75) is 25.9 Å². The van der Waals surface area contributed by atoms with Gasteiger partial charge in [-0.1, -0.05) is 0 Å². The molecule has 0 saturated carbocycles. The Balaban J connectivity index is 1.54. The summed E-state index contributed by atoms with van der Waals surface area (Å²) < 4.78 is 13.8. The lowest BCUT2D eigenvalue weighted by molar-refractivity contribution is 0.612. The van der Waals surface area contributed by atoms with Crippen molar-refractivity contribution in [2.24, 2.45) is 4.99 Å². The van der Waals surface area contributed by atoms with E-state index in [2.05, 4.69) is 25.6 Å². The highest BCUT2D eigenvalue weighted by Crippen LogP contribution is 2.20. The minimum absolute atomic E-state index is 0.208. The van der Waals surface area contributed by atoms with Crippen molar-refractivity contribution in [1.82, 2.24) is 20.6 Å². The molecule has 2 aromatic rings. The van der Waals surface area contributed by atoms with Gasteiger partial charge in [0, 0.05) is 37.3 Å². The van der Waals surface area contributed by atoms with Gasteiger partial charge in [-0.3, -0.25) is 4.99 Å². The summed E-state index contributed by atoms with van der Waals surface area (Å²) >= 11 is 1.63. The molecule has 0 aromatic carbocycles. The number of hydrogen-bond donors (Lipinski definition) is 2. The molecule has 1 saturated heterocycles. The Morgan fingerprint density at radius 3 is 3.08 bits per heavy atom. The fourth-order valence-electron chi connectivity index (χ4n) is 2.73. The van der Waals surface area contributed by atoms with E-state index in [1.54, 1.807) is 30.6 Å². The molecule has 1 unspecified atom stereocenters. The van der Waals surface area contributed by atoms with Crippen molar-refractivity contribution in [1.29, 1.82) is 0 Å². The number of aromatic nitrogens is 2. The maximum Gasteiger partial charge on any atom is 0.191 e. The second kappa shape index (κ2) is 7.57. The van der Waals surface area contributed by atoms with E-state index in [1.807, 2.05) is 17.3 Å². The van der Waals surface area contributed by atoms with Gasteiger partial charge in [0.15, 0.2) is 17.6 Å². The average Bonchev–Trinajstić information content (AvgIpc) is 3.21. The van der Waals surface area contributed by atoms with E-state index in [0.717, 1.165) is 24.6 Å². The van der Waals surface area contributed by atoms with Gasteiger partial charge in [0.2, 0.25) is 0 Å². The monoisotopic (exact) mass is 348 g/mol. The van der Waals surface area contributed by atoms with E-state index in [0.29, 0.717) is 18.9 Å². The highest BCUT2D eigenvalue weighted by molar-refractivity contribution is 7.09. The van der Waals surface area contributed by atoms with E-state index in [1.165, 1.54) is 10.9 Å². The Morgan fingerprint density at radius 2 is 2.38 bits per heavy atom. The normalized spacial score (nSPS) is 18.0. The van der Waals surface area contributed by atoms with Crippen molar-refractivity contribution in [2.75, 3.05) is 25.0 Å². The molecular formula is C16H21FN6S. The van der Waals surface area contributed by atoms with Gasteiger partial charge in [-0.05, 0) is 25.5 Å². The third kappa shape index (κ3) is 3.81. The zero-order valence-electron chi connectivity index (χ0n) is 13.8. The minimum Gasteiger partial charge on any atom is -0.352 e. The van der Waals surface area contributed by atoms with Crippen LogP contribution in [0.5, 0.6) is 0 Å². The second-order valence-corrected chi connectivity index (χ2v) is 6.61. The number of halogens is 1. The van der Waals surface area contributed by atoms with Crippen LogP contribution in [-0.2, 0) is 6.54 Å². The standard InChI is InChI=1S/C16H21FN6S/c1-11-14(24-10-21-11)8-20-16(18-2)22-12-5-7-23(9-12)15-13(17)4-3-6-19-15/h3-4,6,10,12H,5,7-9H2,1-2H3,(H2,18,20,22). The molecule has 128 valence electrons. The van der Waals surface area contributed by atoms with Crippen LogP contribution in [0.1, 0.15) is 17.0 Å². The highest BCUT2D eigenvalue weighted by atomic mass is 32.1. The predicted octanol–water partition coefficient (Wildman–Crippen LogP) is 1.93. The van der Waals surface area contributed by atoms with Crippen LogP contribution in [-0.4, -0.2) is 42.1 Å². The van der Waals surface area contributed by atoms with Crippen LogP contribution in [0, 0.1) is 12.7 Å². The minimum atomic E-state index is -0.277. The molecule has 2 N–H and O–H groups in total. The number of nitrogens with one attached hydrogen (secondary N) is 2. The zero-order chi connectivity index (χ0) is 16.9. The molecule has 3 rings (SSSR count). The molecule has 8 heteroatoms. The first-order valence-electron chi connectivity index (χ1n) is 7.89. The first-order valence-corrected chi connectivity index (χ1v) is 8.77. The van der Waals surface area contributed by atoms with Gasteiger partial charge in [0.25, 0.3) is 0 Å². The van der Waals surface area contributed by atoms with Crippen LogP contribution in [0.25, 0.3) is 0 Å². The van der Waals surface area contributed by atoms with Crippen molar-refractivity contribution in [3.8, 4) is 0 Å². The fraction of sp³-hybridized carbons (Fsp3) is 0.438. The average molecular weight is 348 g/mol. The molecule has 6 nitrogen and oxygen atoms in total. The molecule has 0 bridgehead atoms. The quantitative estimate of drug-likeness (QED) is 0.653. The molecule has 3 heterocycles. The summed E-state index contributed by atoms with van der Waals surface area (Å²) in [6.07, 6.45) is 2.54. The van der Waals surface area contributed by atoms with Crippen LogP contribution in [0.2, 0.25) is 0 Å². The molecule has 1 fully saturated rings. The smallest absolute Gasteiger partial charge is 0.191 e. The highest BCUT2D eigenvalue weighted by Gasteiger charge is 2.25. The number of pyridine rings is 1. The van der Waals surface area contributed by atoms with E-state index >= 15 is 0 Å². The van der Waals surface area contributed by atoms with E-state index in [9.17, 15) is 4.39 Å². The Kier molecular flexibility index (Phi) is 5.24. The summed E-state index contributed by atoms with van der Waals surface area (Å²) in [5.41, 5.74) is 2.89. The van der Waals surface area contributed by atoms with E-state index in [-0.39, 0.29) is 11.9 Å². The summed E-state index contributed by atoms with van der Waals surface area (Å²) in [7, 11) is 1.75. The van der Waals surface area contributed by atoms with Gasteiger partial charge in [-0.2, -0.15) is 0 Å². The number of anilines is 1. The summed E-state index contributed by atoms with van der Waals surface area (Å²) in [5.74, 6) is 0.891. The molecule has 1 aliphatic heterocycles. The number of guanidine groups is 1. The fourth-order valence-corrected chi connectivity index (χ4v) is 3.45. The Morgan fingerprint density at radius 1 is 1.50 bits per heavy atom. The van der Waals surface area contributed by atoms with Crippen molar-refractivity contribution in [3.63, 3.8) is 0 Å². The molecule has 1 aliphatic rings. The van der Waals surface area contributed by atoms with Crippen molar-refractivity contribution < 1.29 is 4.39 Å². The third-order valence-electron chi connectivity index (χ3n) is 4.05. The van der Waals surface area contributed by atoms with Crippen LogP contribution < -0.4 is 15.5 Å². The Labute approximate surface area is 144 Å². The van der Waals surface area contributed by atoms with Crippen LogP contribution in [0.4, 0.5) is 10.2 Å². The second-order valence-electron chi connectivity index (χ2n) is 5.67. The van der Waals surface area contributed by atoms with Gasteiger partial charge in [-0.15, -0.1) is 11.3 Å². The van der Waals surface area contributed by atoms with Gasteiger partial charge in [0.05, 0.1) is 17.7 Å². The first kappa shape index (κ1) is 16.6. The van der Waals surface area contributed by atoms with Crippen LogP contribution in [0.15, 0.2) is 28.8 Å². The van der Waals surface area contributed by atoms with Gasteiger partial charge < -0.3 is 15.5 Å². The Hall–Kier alpha value is -2.22. The topological polar surface area (TPSA) is 65.4 Å². The number of hydrogen-bond acceptors (Lipinski definition) is 5. The third-order valence-corrected chi connectivity index (χ3v) is 4.99. The molecule has 0 amide bonds. The largest absolute Gasteiger partial charge is 0.352 e. The molecular weight excluding hydrogens is 327 g/mol. The summed E-state index contributed by atoms with van der Waals surface area (Å²) in [6, 6.07) is 3.26. The van der Waals surface area contributed by atoms with Crippen LogP contribution >= 0.6 is 11.3 Å². The van der Waals surface area contributed by atoms with Crippen LogP contribution in [0.3, 0.4) is 0 Å². The summed E-state index contributed by atoms with van der Waals surface area (Å²) in [6.45, 7) is 4.17. The maximum atomic E-state index is 13.8. The molecule has 0 spiro atoms. The summed E-state index contributed by atoms with van der Waals surface area (Å²) in [5, 5.41) is 6.70. The maximum absolute atomic E-state index is 13.8. The number of nitrogens with zero attached hydrogens (tertiary/aromatic N) is 4. The number of rotatable bonds is 4. The molecule has 0 radical (unpaired) electrons. The molecule has 0 aliphatic carbocycles. The van der Waals surface area contributed by atoms with Gasteiger partial charge in [0.1, 0.15) is 0 Å². The van der Waals surface area contributed by atoms with Crippen molar-refractivity contribution in [3.05, 3.63) is 40.2 Å². The predicted molar refractivity (Wildman–Crippen MR) is 95.0 cm³/mol. The summed E-state index contributed by atoms with van der Waals surface area (Å²) in [4.78, 5) is 15.8. The lowest BCUT2D eigenvalue weighted by Gasteiger charge is -2.19. The van der Waals surface area contributed by atoms with E-state index in [4.69, 9.17) is 0 Å². The SMILES string of the molecule is CN=C(NCc1scnc1C)NC1CCN(c2ncccc2F)C1. The van der Waals surface area contributed by atoms with Crippen molar-refractivity contribution >= 4 is 23.1 Å². The van der Waals surface area contributed by atoms with Gasteiger partial charge >= 0.3 is 0 Å². The first-order chi connectivity index (χ1) is 11.7. The number of aryl methyl sites for hydroxylation is 1.